The van der Waals surface area contributed by atoms with Gasteiger partial charge in [0.25, 0.3) is 0 Å². The lowest BCUT2D eigenvalue weighted by molar-refractivity contribution is -0.121. The van der Waals surface area contributed by atoms with Crippen LogP contribution in [0.15, 0.2) is 18.2 Å². The van der Waals surface area contributed by atoms with Crippen LogP contribution in [-0.4, -0.2) is 42.2 Å². The van der Waals surface area contributed by atoms with Crippen LogP contribution in [0.2, 0.25) is 0 Å². The van der Waals surface area contributed by atoms with Crippen molar-refractivity contribution in [3.05, 3.63) is 23.8 Å². The quantitative estimate of drug-likeness (QED) is 0.844. The third-order valence-electron chi connectivity index (χ3n) is 4.59. The Morgan fingerprint density at radius 2 is 2.14 bits per heavy atom. The van der Waals surface area contributed by atoms with Crippen molar-refractivity contribution < 1.29 is 14.6 Å². The number of nitrogens with one attached hydrogen (secondary N) is 1. The molecule has 1 aliphatic carbocycles. The molecule has 2 fully saturated rings. The monoisotopic (exact) mass is 304 g/mol. The van der Waals surface area contributed by atoms with E-state index in [-0.39, 0.29) is 18.6 Å². The minimum atomic E-state index is -0.106. The van der Waals surface area contributed by atoms with Crippen LogP contribution in [0.1, 0.15) is 31.2 Å². The maximum absolute atomic E-state index is 12.7. The number of hydrogen-bond donors (Lipinski definition) is 2. The van der Waals surface area contributed by atoms with E-state index in [1.165, 1.54) is 12.8 Å². The highest BCUT2D eigenvalue weighted by Crippen LogP contribution is 2.37. The van der Waals surface area contributed by atoms with Crippen molar-refractivity contribution in [3.8, 4) is 5.75 Å². The van der Waals surface area contributed by atoms with Gasteiger partial charge in [0.15, 0.2) is 0 Å². The summed E-state index contributed by atoms with van der Waals surface area (Å²) in [6.07, 6.45) is 4.68. The van der Waals surface area contributed by atoms with Crippen LogP contribution >= 0.6 is 0 Å². The third-order valence-corrected chi connectivity index (χ3v) is 4.59. The molecular weight excluding hydrogens is 280 g/mol. The predicted octanol–water partition coefficient (Wildman–Crippen LogP) is 2.00. The number of methoxy groups -OCH3 is 1. The molecule has 120 valence electrons. The SMILES string of the molecule is COc1ccc(NC(=O)C(C2CC2)N2CCCC2)cc1CO. The molecule has 1 heterocycles. The number of nitrogens with zero attached hydrogens (tertiary/aromatic N) is 1. The molecule has 3 rings (SSSR count). The zero-order valence-electron chi connectivity index (χ0n) is 13.0. The normalized spacial score (nSPS) is 19.9. The molecular formula is C17H24N2O3. The largest absolute Gasteiger partial charge is 0.496 e. The molecule has 5 nitrogen and oxygen atoms in total. The molecule has 1 unspecified atom stereocenters. The van der Waals surface area contributed by atoms with Crippen molar-refractivity contribution in [2.24, 2.45) is 5.92 Å². The summed E-state index contributed by atoms with van der Waals surface area (Å²) in [5.74, 6) is 1.23. The van der Waals surface area contributed by atoms with Gasteiger partial charge in [-0.25, -0.2) is 0 Å². The fourth-order valence-electron chi connectivity index (χ4n) is 3.31. The fourth-order valence-corrected chi connectivity index (χ4v) is 3.31. The molecule has 2 N–H and O–H groups in total. The average molecular weight is 304 g/mol. The van der Waals surface area contributed by atoms with Crippen LogP contribution < -0.4 is 10.1 Å². The summed E-state index contributed by atoms with van der Waals surface area (Å²) in [5, 5.41) is 12.4. The highest BCUT2D eigenvalue weighted by molar-refractivity contribution is 5.95. The number of aliphatic hydroxyl groups excluding tert-OH is 1. The molecule has 1 saturated heterocycles. The van der Waals surface area contributed by atoms with Crippen LogP contribution in [0.25, 0.3) is 0 Å². The van der Waals surface area contributed by atoms with Gasteiger partial charge in [-0.15, -0.1) is 0 Å². The average Bonchev–Trinajstić information content (AvgIpc) is 3.21. The summed E-state index contributed by atoms with van der Waals surface area (Å²) in [6.45, 7) is 1.95. The van der Waals surface area contributed by atoms with Gasteiger partial charge in [0.1, 0.15) is 5.75 Å². The molecule has 22 heavy (non-hydrogen) atoms. The summed E-state index contributed by atoms with van der Waals surface area (Å²) in [7, 11) is 1.57. The number of benzene rings is 1. The summed E-state index contributed by atoms with van der Waals surface area (Å²) >= 11 is 0. The van der Waals surface area contributed by atoms with Crippen LogP contribution in [-0.2, 0) is 11.4 Å². The number of rotatable bonds is 6. The van der Waals surface area contributed by atoms with Gasteiger partial charge >= 0.3 is 0 Å². The van der Waals surface area contributed by atoms with Crippen molar-refractivity contribution in [1.82, 2.24) is 4.90 Å². The fraction of sp³-hybridized carbons (Fsp3) is 0.588. The topological polar surface area (TPSA) is 61.8 Å². The lowest BCUT2D eigenvalue weighted by Gasteiger charge is -2.26. The van der Waals surface area contributed by atoms with Crippen molar-refractivity contribution in [1.29, 1.82) is 0 Å². The van der Waals surface area contributed by atoms with Gasteiger partial charge in [0, 0.05) is 11.3 Å². The molecule has 0 bridgehead atoms. The van der Waals surface area contributed by atoms with E-state index in [2.05, 4.69) is 10.2 Å². The lowest BCUT2D eigenvalue weighted by atomic mass is 10.1. The first-order chi connectivity index (χ1) is 10.7. The second-order valence-corrected chi connectivity index (χ2v) is 6.20. The first-order valence-corrected chi connectivity index (χ1v) is 8.05. The van der Waals surface area contributed by atoms with Crippen LogP contribution in [0.3, 0.4) is 0 Å². The zero-order chi connectivity index (χ0) is 15.5. The van der Waals surface area contributed by atoms with Gasteiger partial charge in [-0.2, -0.15) is 0 Å². The molecule has 5 heteroatoms. The maximum Gasteiger partial charge on any atom is 0.242 e. The van der Waals surface area contributed by atoms with E-state index in [0.29, 0.717) is 17.2 Å². The van der Waals surface area contributed by atoms with Gasteiger partial charge < -0.3 is 15.2 Å². The van der Waals surface area contributed by atoms with E-state index in [4.69, 9.17) is 4.74 Å². The summed E-state index contributed by atoms with van der Waals surface area (Å²) in [5.41, 5.74) is 1.41. The van der Waals surface area contributed by atoms with E-state index < -0.39 is 0 Å². The molecule has 2 aliphatic rings. The second kappa shape index (κ2) is 6.67. The third kappa shape index (κ3) is 3.25. The standard InChI is InChI=1S/C17H24N2O3/c1-22-15-7-6-14(10-13(15)11-20)18-17(21)16(12-4-5-12)19-8-2-3-9-19/h6-7,10,12,16,20H,2-5,8-9,11H2,1H3,(H,18,21). The number of likely N-dealkylation sites (tertiary alicyclic amines) is 1. The molecule has 0 radical (unpaired) electrons. The Labute approximate surface area is 131 Å². The molecule has 0 spiro atoms. The van der Waals surface area contributed by atoms with Gasteiger partial charge in [-0.3, -0.25) is 9.69 Å². The van der Waals surface area contributed by atoms with Gasteiger partial charge in [-0.05, 0) is 62.9 Å². The number of carbonyl (C=O) groups excluding carboxylic acids is 1. The van der Waals surface area contributed by atoms with Crippen LogP contribution in [0.4, 0.5) is 5.69 Å². The summed E-state index contributed by atoms with van der Waals surface area (Å²) in [4.78, 5) is 15.0. The molecule has 1 saturated carbocycles. The van der Waals surface area contributed by atoms with E-state index >= 15 is 0 Å². The Bertz CT molecular complexity index is 537. The molecule has 0 aromatic heterocycles. The lowest BCUT2D eigenvalue weighted by Crippen LogP contribution is -2.44. The molecule has 1 atom stereocenters. The van der Waals surface area contributed by atoms with Crippen LogP contribution in [0.5, 0.6) is 5.75 Å². The number of aliphatic hydroxyl groups is 1. The number of carbonyl (C=O) groups is 1. The zero-order valence-corrected chi connectivity index (χ0v) is 13.0. The highest BCUT2D eigenvalue weighted by Gasteiger charge is 2.40. The van der Waals surface area contributed by atoms with Gasteiger partial charge in [0.2, 0.25) is 5.91 Å². The van der Waals surface area contributed by atoms with Crippen molar-refractivity contribution in [3.63, 3.8) is 0 Å². The second-order valence-electron chi connectivity index (χ2n) is 6.20. The van der Waals surface area contributed by atoms with Crippen molar-refractivity contribution in [2.75, 3.05) is 25.5 Å². The molecule has 1 aliphatic heterocycles. The highest BCUT2D eigenvalue weighted by atomic mass is 16.5. The summed E-state index contributed by atoms with van der Waals surface area (Å²) in [6, 6.07) is 5.39. The molecule has 1 amide bonds. The number of hydrogen-bond acceptors (Lipinski definition) is 4. The number of amides is 1. The van der Waals surface area contributed by atoms with Gasteiger partial charge in [0.05, 0.1) is 19.8 Å². The minimum Gasteiger partial charge on any atom is -0.496 e. The van der Waals surface area contributed by atoms with Crippen LogP contribution in [0, 0.1) is 5.92 Å². The maximum atomic E-state index is 12.7. The molecule has 1 aromatic rings. The molecule has 1 aromatic carbocycles. The Kier molecular flexibility index (Phi) is 4.64. The van der Waals surface area contributed by atoms with Crippen molar-refractivity contribution >= 4 is 11.6 Å². The smallest absolute Gasteiger partial charge is 0.242 e. The van der Waals surface area contributed by atoms with E-state index in [0.717, 1.165) is 31.6 Å². The number of ether oxygens (including phenoxy) is 1. The van der Waals surface area contributed by atoms with Crippen molar-refractivity contribution in [2.45, 2.75) is 38.3 Å². The minimum absolute atomic E-state index is 0.00202. The summed E-state index contributed by atoms with van der Waals surface area (Å²) < 4.78 is 5.19. The predicted molar refractivity (Wildman–Crippen MR) is 84.9 cm³/mol. The Morgan fingerprint density at radius 3 is 2.73 bits per heavy atom. The first-order valence-electron chi connectivity index (χ1n) is 8.05. The first kappa shape index (κ1) is 15.3. The Hall–Kier alpha value is -1.59. The Balaban J connectivity index is 1.72. The Morgan fingerprint density at radius 1 is 1.41 bits per heavy atom. The van der Waals surface area contributed by atoms with E-state index in [1.807, 2.05) is 6.07 Å². The van der Waals surface area contributed by atoms with E-state index in [9.17, 15) is 9.90 Å². The van der Waals surface area contributed by atoms with Gasteiger partial charge in [-0.1, -0.05) is 0 Å². The van der Waals surface area contributed by atoms with E-state index in [1.54, 1.807) is 19.2 Å². The number of anilines is 1.